The van der Waals surface area contributed by atoms with Crippen molar-refractivity contribution >= 4 is 34.7 Å². The number of nitrogen functional groups attached to an aromatic ring is 1. The quantitative estimate of drug-likeness (QED) is 0.516. The van der Waals surface area contributed by atoms with Gasteiger partial charge in [-0.05, 0) is 42.5 Å². The SMILES string of the molecule is Nc1c(Nc2ccc(C(=O)O)cc2)ncnc1Nc1cccc(C(F)(F)F)c1. The minimum atomic E-state index is -4.47. The van der Waals surface area contributed by atoms with Crippen LogP contribution in [0, 0.1) is 0 Å². The van der Waals surface area contributed by atoms with E-state index in [9.17, 15) is 18.0 Å². The van der Waals surface area contributed by atoms with Crippen molar-refractivity contribution in [2.24, 2.45) is 0 Å². The minimum absolute atomic E-state index is 0.0854. The summed E-state index contributed by atoms with van der Waals surface area (Å²) in [5.41, 5.74) is 6.11. The van der Waals surface area contributed by atoms with Crippen LogP contribution in [0.1, 0.15) is 15.9 Å². The van der Waals surface area contributed by atoms with Crippen LogP contribution in [0.25, 0.3) is 0 Å². The molecular weight excluding hydrogens is 375 g/mol. The molecule has 0 bridgehead atoms. The van der Waals surface area contributed by atoms with Gasteiger partial charge in [0.1, 0.15) is 12.0 Å². The Hall–Kier alpha value is -3.82. The third kappa shape index (κ3) is 4.29. The number of rotatable bonds is 5. The lowest BCUT2D eigenvalue weighted by Gasteiger charge is -2.14. The molecule has 10 heteroatoms. The molecule has 144 valence electrons. The standard InChI is InChI=1S/C18H14F3N5O2/c19-18(20,21)11-2-1-3-13(8-11)26-16-14(22)15(23-9-24-16)25-12-6-4-10(5-7-12)17(27)28/h1-9H,22H2,(H,27,28)(H2,23,24,25,26). The average Bonchev–Trinajstić information content (AvgIpc) is 2.65. The second-order valence-electron chi connectivity index (χ2n) is 5.70. The number of nitrogens with one attached hydrogen (secondary N) is 2. The molecule has 0 aliphatic rings. The molecule has 3 aromatic rings. The summed E-state index contributed by atoms with van der Waals surface area (Å²) in [5, 5.41) is 14.6. The molecule has 1 heterocycles. The number of carboxylic acids is 1. The molecule has 0 fully saturated rings. The maximum absolute atomic E-state index is 12.8. The fourth-order valence-corrected chi connectivity index (χ4v) is 2.34. The Morgan fingerprint density at radius 1 is 0.964 bits per heavy atom. The first kappa shape index (κ1) is 19.0. The highest BCUT2D eigenvalue weighted by molar-refractivity contribution is 5.88. The van der Waals surface area contributed by atoms with Crippen LogP contribution in [0.3, 0.4) is 0 Å². The second kappa shape index (κ2) is 7.43. The van der Waals surface area contributed by atoms with Gasteiger partial charge in [0.25, 0.3) is 0 Å². The Kier molecular flexibility index (Phi) is 5.03. The first-order chi connectivity index (χ1) is 13.2. The van der Waals surface area contributed by atoms with Crippen molar-refractivity contribution in [2.45, 2.75) is 6.18 Å². The van der Waals surface area contributed by atoms with E-state index in [4.69, 9.17) is 10.8 Å². The highest BCUT2D eigenvalue weighted by atomic mass is 19.4. The van der Waals surface area contributed by atoms with Crippen LogP contribution in [0.5, 0.6) is 0 Å². The second-order valence-corrected chi connectivity index (χ2v) is 5.70. The molecule has 0 amide bonds. The van der Waals surface area contributed by atoms with Gasteiger partial charge in [-0.1, -0.05) is 6.07 Å². The van der Waals surface area contributed by atoms with Crippen molar-refractivity contribution in [3.63, 3.8) is 0 Å². The lowest BCUT2D eigenvalue weighted by atomic mass is 10.2. The number of nitrogens with two attached hydrogens (primary N) is 1. The van der Waals surface area contributed by atoms with Crippen LogP contribution in [0.4, 0.5) is 41.9 Å². The number of anilines is 5. The summed E-state index contributed by atoms with van der Waals surface area (Å²) in [7, 11) is 0. The molecule has 0 spiro atoms. The largest absolute Gasteiger partial charge is 0.478 e. The van der Waals surface area contributed by atoms with Crippen LogP contribution < -0.4 is 16.4 Å². The Labute approximate surface area is 157 Å². The Morgan fingerprint density at radius 3 is 2.14 bits per heavy atom. The zero-order valence-electron chi connectivity index (χ0n) is 14.2. The maximum Gasteiger partial charge on any atom is 0.416 e. The molecule has 3 rings (SSSR count). The number of carbonyl (C=O) groups is 1. The normalized spacial score (nSPS) is 11.1. The van der Waals surface area contributed by atoms with E-state index in [1.54, 1.807) is 0 Å². The topological polar surface area (TPSA) is 113 Å². The molecule has 0 saturated heterocycles. The van der Waals surface area contributed by atoms with Gasteiger partial charge in [0.15, 0.2) is 11.6 Å². The number of carboxylic acid groups (broad SMARTS) is 1. The molecule has 0 unspecified atom stereocenters. The van der Waals surface area contributed by atoms with Crippen LogP contribution in [-0.2, 0) is 6.18 Å². The Balaban J connectivity index is 1.82. The van der Waals surface area contributed by atoms with E-state index in [2.05, 4.69) is 20.6 Å². The van der Waals surface area contributed by atoms with Crippen molar-refractivity contribution in [1.29, 1.82) is 0 Å². The summed E-state index contributed by atoms with van der Waals surface area (Å²) >= 11 is 0. The smallest absolute Gasteiger partial charge is 0.416 e. The third-order valence-electron chi connectivity index (χ3n) is 3.73. The van der Waals surface area contributed by atoms with E-state index in [0.29, 0.717) is 5.69 Å². The van der Waals surface area contributed by atoms with Gasteiger partial charge in [-0.15, -0.1) is 0 Å². The molecule has 1 aromatic heterocycles. The van der Waals surface area contributed by atoms with Gasteiger partial charge in [-0.3, -0.25) is 0 Å². The van der Waals surface area contributed by atoms with Gasteiger partial charge < -0.3 is 21.5 Å². The number of hydrogen-bond acceptors (Lipinski definition) is 6. The predicted molar refractivity (Wildman–Crippen MR) is 97.9 cm³/mol. The van der Waals surface area contributed by atoms with Crippen LogP contribution >= 0.6 is 0 Å². The molecular formula is C18H14F3N5O2. The summed E-state index contributed by atoms with van der Waals surface area (Å²) in [6.07, 6.45) is -3.27. The van der Waals surface area contributed by atoms with Crippen LogP contribution in [0.2, 0.25) is 0 Å². The fraction of sp³-hybridized carbons (Fsp3) is 0.0556. The number of aromatic carboxylic acids is 1. The van der Waals surface area contributed by atoms with E-state index in [0.717, 1.165) is 12.1 Å². The van der Waals surface area contributed by atoms with Gasteiger partial charge in [0.05, 0.1) is 11.1 Å². The first-order valence-electron chi connectivity index (χ1n) is 7.89. The third-order valence-corrected chi connectivity index (χ3v) is 3.73. The monoisotopic (exact) mass is 389 g/mol. The summed E-state index contributed by atoms with van der Waals surface area (Å²) in [5.74, 6) is -0.716. The maximum atomic E-state index is 12.8. The lowest BCUT2D eigenvalue weighted by molar-refractivity contribution is -0.137. The van der Waals surface area contributed by atoms with Crippen molar-refractivity contribution in [2.75, 3.05) is 16.4 Å². The molecule has 0 radical (unpaired) electrons. The molecule has 28 heavy (non-hydrogen) atoms. The zero-order valence-corrected chi connectivity index (χ0v) is 14.2. The zero-order chi connectivity index (χ0) is 20.3. The summed E-state index contributed by atoms with van der Waals surface area (Å²) in [6.45, 7) is 0. The summed E-state index contributed by atoms with van der Waals surface area (Å²) in [6, 6.07) is 10.5. The molecule has 2 aromatic carbocycles. The molecule has 0 saturated carbocycles. The van der Waals surface area contributed by atoms with Gasteiger partial charge in [0, 0.05) is 11.4 Å². The van der Waals surface area contributed by atoms with E-state index in [1.807, 2.05) is 0 Å². The summed E-state index contributed by atoms with van der Waals surface area (Å²) in [4.78, 5) is 18.9. The minimum Gasteiger partial charge on any atom is -0.478 e. The van der Waals surface area contributed by atoms with Crippen molar-refractivity contribution < 1.29 is 23.1 Å². The van der Waals surface area contributed by atoms with Gasteiger partial charge in [-0.2, -0.15) is 13.2 Å². The van der Waals surface area contributed by atoms with Crippen LogP contribution in [0.15, 0.2) is 54.9 Å². The number of benzene rings is 2. The van der Waals surface area contributed by atoms with E-state index < -0.39 is 17.7 Å². The number of nitrogens with zero attached hydrogens (tertiary/aromatic N) is 2. The fourth-order valence-electron chi connectivity index (χ4n) is 2.34. The number of hydrogen-bond donors (Lipinski definition) is 4. The Morgan fingerprint density at radius 2 is 1.57 bits per heavy atom. The highest BCUT2D eigenvalue weighted by Crippen LogP contribution is 2.33. The Bertz CT molecular complexity index is 1010. The summed E-state index contributed by atoms with van der Waals surface area (Å²) < 4.78 is 38.5. The van der Waals surface area contributed by atoms with E-state index >= 15 is 0 Å². The van der Waals surface area contributed by atoms with Gasteiger partial charge >= 0.3 is 12.1 Å². The number of alkyl halides is 3. The molecule has 5 N–H and O–H groups in total. The van der Waals surface area contributed by atoms with E-state index in [1.165, 1.54) is 42.7 Å². The van der Waals surface area contributed by atoms with Crippen molar-refractivity contribution in [1.82, 2.24) is 9.97 Å². The number of halogens is 3. The predicted octanol–water partition coefficient (Wildman–Crippen LogP) is 4.26. The first-order valence-corrected chi connectivity index (χ1v) is 7.89. The molecule has 0 atom stereocenters. The molecule has 0 aliphatic carbocycles. The van der Waals surface area contributed by atoms with E-state index in [-0.39, 0.29) is 28.6 Å². The van der Waals surface area contributed by atoms with Crippen molar-refractivity contribution in [3.8, 4) is 0 Å². The van der Waals surface area contributed by atoms with Gasteiger partial charge in [-0.25, -0.2) is 14.8 Å². The lowest BCUT2D eigenvalue weighted by Crippen LogP contribution is -2.07. The highest BCUT2D eigenvalue weighted by Gasteiger charge is 2.30. The van der Waals surface area contributed by atoms with Gasteiger partial charge in [0.2, 0.25) is 0 Å². The van der Waals surface area contributed by atoms with Crippen molar-refractivity contribution in [3.05, 3.63) is 66.0 Å². The molecule has 0 aliphatic heterocycles. The number of aromatic nitrogens is 2. The average molecular weight is 389 g/mol. The molecule has 7 nitrogen and oxygen atoms in total. The van der Waals surface area contributed by atoms with Crippen LogP contribution in [-0.4, -0.2) is 21.0 Å².